The molecule has 1 aromatic rings. The number of nitrogens with two attached hydrogens (primary N) is 1. The molecule has 19 heavy (non-hydrogen) atoms. The summed E-state index contributed by atoms with van der Waals surface area (Å²) in [6.07, 6.45) is 3.69. The number of nitrogen functional groups attached to an aromatic ring is 1. The highest BCUT2D eigenvalue weighted by molar-refractivity contribution is 5.77. The van der Waals surface area contributed by atoms with Gasteiger partial charge in [0.05, 0.1) is 0 Å². The topological polar surface area (TPSA) is 55.1 Å². The fourth-order valence-electron chi connectivity index (χ4n) is 2.23. The second-order valence-corrected chi connectivity index (χ2v) is 5.23. The highest BCUT2D eigenvalue weighted by Crippen LogP contribution is 2.20. The third-order valence-corrected chi connectivity index (χ3v) is 3.49. The molecule has 2 atom stereocenters. The van der Waals surface area contributed by atoms with Crippen LogP contribution in [0.3, 0.4) is 0 Å². The van der Waals surface area contributed by atoms with E-state index in [9.17, 15) is 4.79 Å². The van der Waals surface area contributed by atoms with Gasteiger partial charge < -0.3 is 11.1 Å². The lowest BCUT2D eigenvalue weighted by molar-refractivity contribution is -0.122. The van der Waals surface area contributed by atoms with E-state index in [4.69, 9.17) is 5.73 Å². The molecule has 0 saturated carbocycles. The Morgan fingerprint density at radius 3 is 2.42 bits per heavy atom. The van der Waals surface area contributed by atoms with E-state index in [2.05, 4.69) is 26.1 Å². The molecule has 0 saturated heterocycles. The maximum absolute atomic E-state index is 12.0. The fourth-order valence-corrected chi connectivity index (χ4v) is 2.23. The first-order valence-corrected chi connectivity index (χ1v) is 7.21. The lowest BCUT2D eigenvalue weighted by Gasteiger charge is -2.18. The molecular formula is C16H26N2O. The van der Waals surface area contributed by atoms with Crippen molar-refractivity contribution in [3.8, 4) is 0 Å². The van der Waals surface area contributed by atoms with Gasteiger partial charge in [0.2, 0.25) is 5.91 Å². The van der Waals surface area contributed by atoms with Crippen molar-refractivity contribution in [3.63, 3.8) is 0 Å². The van der Waals surface area contributed by atoms with Crippen LogP contribution in [0.1, 0.15) is 57.9 Å². The molecule has 1 aromatic carbocycles. The summed E-state index contributed by atoms with van der Waals surface area (Å²) < 4.78 is 0. The third-order valence-electron chi connectivity index (χ3n) is 3.49. The number of nitrogens with one attached hydrogen (secondary N) is 1. The highest BCUT2D eigenvalue weighted by atomic mass is 16.1. The Morgan fingerprint density at radius 1 is 1.26 bits per heavy atom. The summed E-state index contributed by atoms with van der Waals surface area (Å²) in [5.41, 5.74) is 7.58. The number of rotatable bonds is 7. The van der Waals surface area contributed by atoms with Crippen LogP contribution < -0.4 is 11.1 Å². The molecule has 0 aliphatic rings. The molecule has 0 fully saturated rings. The fraction of sp³-hybridized carbons (Fsp3) is 0.562. The number of hydrogen-bond donors (Lipinski definition) is 2. The summed E-state index contributed by atoms with van der Waals surface area (Å²) in [5, 5.41) is 3.12. The second-order valence-electron chi connectivity index (χ2n) is 5.23. The molecule has 0 heterocycles. The van der Waals surface area contributed by atoms with E-state index < -0.39 is 0 Å². The van der Waals surface area contributed by atoms with Crippen LogP contribution in [0.25, 0.3) is 0 Å². The minimum atomic E-state index is 0.143. The zero-order valence-corrected chi connectivity index (χ0v) is 12.3. The highest BCUT2D eigenvalue weighted by Gasteiger charge is 2.14. The van der Waals surface area contributed by atoms with Gasteiger partial charge in [-0.25, -0.2) is 0 Å². The van der Waals surface area contributed by atoms with Crippen LogP contribution in [0.5, 0.6) is 0 Å². The maximum Gasteiger partial charge on any atom is 0.220 e. The van der Waals surface area contributed by atoms with Gasteiger partial charge in [-0.1, -0.05) is 39.3 Å². The average molecular weight is 262 g/mol. The van der Waals surface area contributed by atoms with Gasteiger partial charge in [0.15, 0.2) is 0 Å². The van der Waals surface area contributed by atoms with E-state index in [-0.39, 0.29) is 11.8 Å². The molecule has 0 spiro atoms. The molecule has 0 aromatic heterocycles. The summed E-state index contributed by atoms with van der Waals surface area (Å²) in [6.45, 7) is 6.34. The van der Waals surface area contributed by atoms with Gasteiger partial charge in [-0.15, -0.1) is 0 Å². The van der Waals surface area contributed by atoms with Crippen LogP contribution in [0.4, 0.5) is 5.69 Å². The lowest BCUT2D eigenvalue weighted by Crippen LogP contribution is -2.34. The number of amides is 1. The normalized spacial score (nSPS) is 13.8. The standard InChI is InChI=1S/C16H26N2O/c1-4-6-15(5-2)18-16(19)11-12(3)13-7-9-14(17)10-8-13/h7-10,12,15H,4-6,11,17H2,1-3H3,(H,18,19). The molecule has 3 N–H and O–H groups in total. The molecule has 1 rings (SSSR count). The minimum absolute atomic E-state index is 0.143. The van der Waals surface area contributed by atoms with Gasteiger partial charge in [-0.3, -0.25) is 4.79 Å². The van der Waals surface area contributed by atoms with E-state index in [0.717, 1.165) is 30.5 Å². The second kappa shape index (κ2) is 7.82. The van der Waals surface area contributed by atoms with Gasteiger partial charge >= 0.3 is 0 Å². The Balaban J connectivity index is 2.49. The zero-order chi connectivity index (χ0) is 14.3. The summed E-state index contributed by atoms with van der Waals surface area (Å²) in [7, 11) is 0. The zero-order valence-electron chi connectivity index (χ0n) is 12.3. The molecule has 1 amide bonds. The van der Waals surface area contributed by atoms with Crippen molar-refractivity contribution < 1.29 is 4.79 Å². The van der Waals surface area contributed by atoms with Crippen LogP contribution in [-0.4, -0.2) is 11.9 Å². The largest absolute Gasteiger partial charge is 0.399 e. The predicted octanol–water partition coefficient (Wildman–Crippen LogP) is 3.46. The maximum atomic E-state index is 12.0. The molecule has 0 aliphatic carbocycles. The first kappa shape index (κ1) is 15.5. The van der Waals surface area contributed by atoms with Crippen LogP contribution in [0, 0.1) is 0 Å². The van der Waals surface area contributed by atoms with Crippen molar-refractivity contribution in [2.75, 3.05) is 5.73 Å². The van der Waals surface area contributed by atoms with E-state index in [1.807, 2.05) is 24.3 Å². The van der Waals surface area contributed by atoms with Crippen molar-refractivity contribution in [1.82, 2.24) is 5.32 Å². The van der Waals surface area contributed by atoms with Crippen molar-refractivity contribution in [3.05, 3.63) is 29.8 Å². The quantitative estimate of drug-likeness (QED) is 0.739. The van der Waals surface area contributed by atoms with Crippen molar-refractivity contribution in [2.24, 2.45) is 0 Å². The summed E-state index contributed by atoms with van der Waals surface area (Å²) in [4.78, 5) is 12.0. The molecule has 106 valence electrons. The van der Waals surface area contributed by atoms with Crippen molar-refractivity contribution in [1.29, 1.82) is 0 Å². The first-order chi connectivity index (χ1) is 9.06. The first-order valence-electron chi connectivity index (χ1n) is 7.21. The SMILES string of the molecule is CCCC(CC)NC(=O)CC(C)c1ccc(N)cc1. The Labute approximate surface area is 116 Å². The monoisotopic (exact) mass is 262 g/mol. The lowest BCUT2D eigenvalue weighted by atomic mass is 9.97. The van der Waals surface area contributed by atoms with E-state index in [0.29, 0.717) is 12.5 Å². The molecule has 3 nitrogen and oxygen atoms in total. The Morgan fingerprint density at radius 2 is 1.89 bits per heavy atom. The molecule has 2 unspecified atom stereocenters. The van der Waals surface area contributed by atoms with Crippen LogP contribution >= 0.6 is 0 Å². The van der Waals surface area contributed by atoms with Crippen LogP contribution in [0.2, 0.25) is 0 Å². The summed E-state index contributed by atoms with van der Waals surface area (Å²) in [6, 6.07) is 8.08. The Kier molecular flexibility index (Phi) is 6.40. The number of benzene rings is 1. The number of carbonyl (C=O) groups excluding carboxylic acids is 1. The average Bonchev–Trinajstić information content (AvgIpc) is 2.38. The molecule has 0 bridgehead atoms. The molecule has 0 radical (unpaired) electrons. The summed E-state index contributed by atoms with van der Waals surface area (Å²) >= 11 is 0. The van der Waals surface area contributed by atoms with Crippen molar-refractivity contribution >= 4 is 11.6 Å². The van der Waals surface area contributed by atoms with Gasteiger partial charge in [0.1, 0.15) is 0 Å². The van der Waals surface area contributed by atoms with Crippen molar-refractivity contribution in [2.45, 2.75) is 58.4 Å². The number of anilines is 1. The number of carbonyl (C=O) groups is 1. The Bertz CT molecular complexity index is 386. The summed E-state index contributed by atoms with van der Waals surface area (Å²) in [5.74, 6) is 0.365. The van der Waals surface area contributed by atoms with E-state index in [1.165, 1.54) is 0 Å². The Hall–Kier alpha value is -1.51. The smallest absolute Gasteiger partial charge is 0.220 e. The predicted molar refractivity (Wildman–Crippen MR) is 81.0 cm³/mol. The van der Waals surface area contributed by atoms with Crippen LogP contribution in [-0.2, 0) is 4.79 Å². The van der Waals surface area contributed by atoms with Gasteiger partial charge in [0.25, 0.3) is 0 Å². The minimum Gasteiger partial charge on any atom is -0.399 e. The van der Waals surface area contributed by atoms with Gasteiger partial charge in [-0.2, -0.15) is 0 Å². The molecule has 3 heteroatoms. The van der Waals surface area contributed by atoms with Gasteiger partial charge in [0, 0.05) is 18.2 Å². The molecule has 0 aliphatic heterocycles. The molecular weight excluding hydrogens is 236 g/mol. The van der Waals surface area contributed by atoms with Gasteiger partial charge in [-0.05, 0) is 36.5 Å². The van der Waals surface area contributed by atoms with E-state index in [1.54, 1.807) is 0 Å². The van der Waals surface area contributed by atoms with E-state index >= 15 is 0 Å². The number of hydrogen-bond acceptors (Lipinski definition) is 2. The van der Waals surface area contributed by atoms with Crippen LogP contribution in [0.15, 0.2) is 24.3 Å². The third kappa shape index (κ3) is 5.33.